The Morgan fingerprint density at radius 2 is 1.68 bits per heavy atom. The van der Waals surface area contributed by atoms with Gasteiger partial charge in [-0.3, -0.25) is 14.4 Å². The molecule has 1 saturated carbocycles. The zero-order valence-corrected chi connectivity index (χ0v) is 23.5. The quantitative estimate of drug-likeness (QED) is 0.246. The fourth-order valence-corrected chi connectivity index (χ4v) is 5.30. The van der Waals surface area contributed by atoms with Gasteiger partial charge in [0, 0.05) is 44.1 Å². The third-order valence-electron chi connectivity index (χ3n) is 7.61. The van der Waals surface area contributed by atoms with Gasteiger partial charge in [-0.1, -0.05) is 58.8 Å². The largest absolute Gasteiger partial charge is 0.369 e. The minimum atomic E-state index is -0.0494. The van der Waals surface area contributed by atoms with E-state index in [4.69, 9.17) is 5.73 Å². The SMILES string of the molecule is CCCCCN(CCCCC)C(=O)CCC(=O)c1ccc2c(c1)CN(CC(=O)NC1CCCCC1)C(N)=N2. The van der Waals surface area contributed by atoms with Crippen LogP contribution in [-0.4, -0.2) is 59.0 Å². The second-order valence-electron chi connectivity index (χ2n) is 10.8. The molecule has 1 aliphatic heterocycles. The van der Waals surface area contributed by atoms with Gasteiger partial charge in [0.05, 0.1) is 12.2 Å². The van der Waals surface area contributed by atoms with Crippen molar-refractivity contribution in [2.24, 2.45) is 10.7 Å². The molecule has 0 spiro atoms. The van der Waals surface area contributed by atoms with Crippen LogP contribution in [0.3, 0.4) is 0 Å². The Hall–Kier alpha value is -2.90. The van der Waals surface area contributed by atoms with Crippen molar-refractivity contribution in [1.82, 2.24) is 15.1 Å². The van der Waals surface area contributed by atoms with E-state index in [9.17, 15) is 14.4 Å². The molecule has 3 N–H and O–H groups in total. The van der Waals surface area contributed by atoms with Crippen LogP contribution in [0.2, 0.25) is 0 Å². The van der Waals surface area contributed by atoms with E-state index in [0.717, 1.165) is 88.5 Å². The summed E-state index contributed by atoms with van der Waals surface area (Å²) in [5.41, 5.74) is 8.31. The van der Waals surface area contributed by atoms with E-state index >= 15 is 0 Å². The number of carbonyl (C=O) groups excluding carboxylic acids is 3. The molecule has 0 unspecified atom stereocenters. The average Bonchev–Trinajstić information content (AvgIpc) is 2.91. The molecule has 1 heterocycles. The summed E-state index contributed by atoms with van der Waals surface area (Å²) in [4.78, 5) is 46.7. The van der Waals surface area contributed by atoms with Gasteiger partial charge in [-0.05, 0) is 49.4 Å². The van der Waals surface area contributed by atoms with Gasteiger partial charge >= 0.3 is 0 Å². The maximum atomic E-state index is 13.0. The maximum absolute atomic E-state index is 13.0. The summed E-state index contributed by atoms with van der Waals surface area (Å²) in [5, 5.41) is 3.13. The number of fused-ring (bicyclic) bond motifs is 1. The smallest absolute Gasteiger partial charge is 0.239 e. The molecular weight excluding hydrogens is 478 g/mol. The molecule has 210 valence electrons. The fraction of sp³-hybridized carbons (Fsp3) is 0.667. The number of unbranched alkanes of at least 4 members (excludes halogenated alkanes) is 4. The van der Waals surface area contributed by atoms with Crippen molar-refractivity contribution in [3.8, 4) is 0 Å². The van der Waals surface area contributed by atoms with Crippen LogP contribution in [0.4, 0.5) is 5.69 Å². The van der Waals surface area contributed by atoms with Gasteiger partial charge in [-0.25, -0.2) is 4.99 Å². The van der Waals surface area contributed by atoms with Gasteiger partial charge in [0.2, 0.25) is 11.8 Å². The summed E-state index contributed by atoms with van der Waals surface area (Å²) in [6.45, 7) is 6.42. The Morgan fingerprint density at radius 3 is 2.34 bits per heavy atom. The minimum Gasteiger partial charge on any atom is -0.369 e. The molecule has 1 aromatic rings. The minimum absolute atomic E-state index is 0.0488. The molecule has 1 aliphatic carbocycles. The Bertz CT molecular complexity index is 961. The summed E-state index contributed by atoms with van der Waals surface area (Å²) in [6.07, 6.45) is 12.5. The van der Waals surface area contributed by atoms with Gasteiger partial charge in [0.15, 0.2) is 11.7 Å². The highest BCUT2D eigenvalue weighted by Gasteiger charge is 2.23. The van der Waals surface area contributed by atoms with Crippen LogP contribution in [0.1, 0.15) is 113 Å². The number of rotatable bonds is 15. The van der Waals surface area contributed by atoms with Gasteiger partial charge in [0.25, 0.3) is 0 Å². The fourth-order valence-electron chi connectivity index (χ4n) is 5.30. The molecule has 0 bridgehead atoms. The number of aliphatic imine (C=N–C) groups is 1. The second-order valence-corrected chi connectivity index (χ2v) is 10.8. The Kier molecular flexibility index (Phi) is 12.1. The first-order valence-electron chi connectivity index (χ1n) is 14.7. The zero-order chi connectivity index (χ0) is 27.3. The van der Waals surface area contributed by atoms with Crippen molar-refractivity contribution in [3.05, 3.63) is 29.3 Å². The third kappa shape index (κ3) is 9.14. The Morgan fingerprint density at radius 1 is 1.00 bits per heavy atom. The number of Topliss-reactive ketones (excluding diaryl/α,β-unsaturated/α-hetero) is 1. The number of benzene rings is 1. The van der Waals surface area contributed by atoms with Crippen LogP contribution < -0.4 is 11.1 Å². The number of nitrogens with two attached hydrogens (primary N) is 1. The summed E-state index contributed by atoms with van der Waals surface area (Å²) in [6, 6.07) is 5.64. The highest BCUT2D eigenvalue weighted by Crippen LogP contribution is 2.27. The van der Waals surface area contributed by atoms with E-state index in [1.807, 2.05) is 11.0 Å². The Labute approximate surface area is 228 Å². The highest BCUT2D eigenvalue weighted by molar-refractivity contribution is 5.99. The molecule has 3 rings (SSSR count). The van der Waals surface area contributed by atoms with E-state index in [1.54, 1.807) is 17.0 Å². The van der Waals surface area contributed by atoms with Crippen LogP contribution in [0.15, 0.2) is 23.2 Å². The van der Waals surface area contributed by atoms with Crippen molar-refractivity contribution in [2.45, 2.75) is 110 Å². The topological polar surface area (TPSA) is 108 Å². The average molecular weight is 526 g/mol. The number of hydrogen-bond acceptors (Lipinski definition) is 6. The maximum Gasteiger partial charge on any atom is 0.239 e. The van der Waals surface area contributed by atoms with Crippen LogP contribution in [0.25, 0.3) is 0 Å². The van der Waals surface area contributed by atoms with Crippen LogP contribution in [-0.2, 0) is 16.1 Å². The number of ketones is 1. The first-order chi connectivity index (χ1) is 18.4. The molecule has 8 heteroatoms. The Balaban J connectivity index is 1.55. The monoisotopic (exact) mass is 525 g/mol. The number of guanidine groups is 1. The lowest BCUT2D eigenvalue weighted by molar-refractivity contribution is -0.131. The highest BCUT2D eigenvalue weighted by atomic mass is 16.2. The summed E-state index contributed by atoms with van der Waals surface area (Å²) in [7, 11) is 0. The summed E-state index contributed by atoms with van der Waals surface area (Å²) >= 11 is 0. The van der Waals surface area contributed by atoms with E-state index in [0.29, 0.717) is 18.1 Å². The molecular formula is C30H47N5O3. The molecule has 0 aromatic heterocycles. The van der Waals surface area contributed by atoms with Crippen molar-refractivity contribution in [2.75, 3.05) is 19.6 Å². The predicted molar refractivity (Wildman–Crippen MR) is 152 cm³/mol. The molecule has 1 aromatic carbocycles. The normalized spacial score (nSPS) is 15.5. The number of nitrogens with zero attached hydrogens (tertiary/aromatic N) is 3. The van der Waals surface area contributed by atoms with Crippen molar-refractivity contribution >= 4 is 29.2 Å². The van der Waals surface area contributed by atoms with Crippen molar-refractivity contribution in [3.63, 3.8) is 0 Å². The first-order valence-corrected chi connectivity index (χ1v) is 14.7. The standard InChI is InChI=1S/C30H47N5O3/c1-3-5-10-18-34(19-11-6-4-2)29(38)17-16-27(36)23-14-15-26-24(20-23)21-35(30(31)33-26)22-28(37)32-25-12-8-7-9-13-25/h14-15,20,25H,3-13,16-19,21-22H2,1-2H3,(H2,31,33)(H,32,37). The number of carbonyl (C=O) groups is 3. The van der Waals surface area contributed by atoms with Gasteiger partial charge < -0.3 is 20.9 Å². The van der Waals surface area contributed by atoms with Crippen molar-refractivity contribution in [1.29, 1.82) is 0 Å². The predicted octanol–water partition coefficient (Wildman–Crippen LogP) is 5.07. The third-order valence-corrected chi connectivity index (χ3v) is 7.61. The van der Waals surface area contributed by atoms with Crippen LogP contribution in [0.5, 0.6) is 0 Å². The molecule has 38 heavy (non-hydrogen) atoms. The van der Waals surface area contributed by atoms with E-state index in [-0.39, 0.29) is 43.0 Å². The second kappa shape index (κ2) is 15.5. The summed E-state index contributed by atoms with van der Waals surface area (Å²) < 4.78 is 0. The number of nitrogens with one attached hydrogen (secondary N) is 1. The van der Waals surface area contributed by atoms with Gasteiger partial charge in [-0.15, -0.1) is 0 Å². The van der Waals surface area contributed by atoms with Crippen LogP contribution in [0, 0.1) is 0 Å². The lowest BCUT2D eigenvalue weighted by Crippen LogP contribution is -2.47. The molecule has 0 saturated heterocycles. The molecule has 0 atom stereocenters. The number of amides is 2. The molecule has 1 fully saturated rings. The van der Waals surface area contributed by atoms with E-state index in [2.05, 4.69) is 24.2 Å². The molecule has 2 aliphatic rings. The molecule has 8 nitrogen and oxygen atoms in total. The molecule has 2 amide bonds. The zero-order valence-electron chi connectivity index (χ0n) is 23.5. The van der Waals surface area contributed by atoms with Crippen LogP contribution >= 0.6 is 0 Å². The lowest BCUT2D eigenvalue weighted by Gasteiger charge is -2.29. The first kappa shape index (κ1) is 29.7. The lowest BCUT2D eigenvalue weighted by atomic mass is 9.95. The van der Waals surface area contributed by atoms with E-state index < -0.39 is 0 Å². The van der Waals surface area contributed by atoms with Crippen molar-refractivity contribution < 1.29 is 14.4 Å². The summed E-state index contributed by atoms with van der Waals surface area (Å²) in [5.74, 6) is 0.280. The van der Waals surface area contributed by atoms with Gasteiger partial charge in [0.1, 0.15) is 0 Å². The number of hydrogen-bond donors (Lipinski definition) is 2. The van der Waals surface area contributed by atoms with Gasteiger partial charge in [-0.2, -0.15) is 0 Å². The van der Waals surface area contributed by atoms with E-state index in [1.165, 1.54) is 6.42 Å². The molecule has 0 radical (unpaired) electrons.